The standard InChI is InChI=1S/C11H21N3O2S2/c1-9(8-17-4)14(3)18(15,16)11-5-10(6-12)13(2)7-11/h5,7,9H,6,8,12H2,1-4H3. The molecule has 1 atom stereocenters. The van der Waals surface area contributed by atoms with Crippen molar-refractivity contribution in [2.75, 3.05) is 19.1 Å². The molecule has 1 rings (SSSR count). The van der Waals surface area contributed by atoms with E-state index in [2.05, 4.69) is 0 Å². The zero-order valence-corrected chi connectivity index (χ0v) is 12.9. The number of nitrogens with two attached hydrogens (primary N) is 1. The zero-order chi connectivity index (χ0) is 13.9. The highest BCUT2D eigenvalue weighted by Crippen LogP contribution is 2.20. The SMILES string of the molecule is CSCC(C)N(C)S(=O)(=O)c1cc(CN)n(C)c1. The van der Waals surface area contributed by atoms with Crippen LogP contribution in [0.5, 0.6) is 0 Å². The van der Waals surface area contributed by atoms with Gasteiger partial charge in [-0.25, -0.2) is 8.42 Å². The molecule has 0 saturated carbocycles. The largest absolute Gasteiger partial charge is 0.352 e. The van der Waals surface area contributed by atoms with Crippen molar-refractivity contribution in [1.29, 1.82) is 0 Å². The molecule has 5 nitrogen and oxygen atoms in total. The van der Waals surface area contributed by atoms with Gasteiger partial charge in [0.05, 0.1) is 0 Å². The highest BCUT2D eigenvalue weighted by atomic mass is 32.2. The van der Waals surface area contributed by atoms with Gasteiger partial charge in [0, 0.05) is 44.3 Å². The molecule has 0 bridgehead atoms. The topological polar surface area (TPSA) is 68.3 Å². The van der Waals surface area contributed by atoms with Crippen molar-refractivity contribution in [1.82, 2.24) is 8.87 Å². The maximum Gasteiger partial charge on any atom is 0.244 e. The highest BCUT2D eigenvalue weighted by Gasteiger charge is 2.26. The van der Waals surface area contributed by atoms with E-state index in [-0.39, 0.29) is 6.04 Å². The van der Waals surface area contributed by atoms with E-state index >= 15 is 0 Å². The first kappa shape index (κ1) is 15.6. The number of thioether (sulfide) groups is 1. The first-order chi connectivity index (χ1) is 8.34. The summed E-state index contributed by atoms with van der Waals surface area (Å²) in [5.41, 5.74) is 6.36. The van der Waals surface area contributed by atoms with E-state index in [0.29, 0.717) is 11.4 Å². The fourth-order valence-corrected chi connectivity index (χ4v) is 3.93. The van der Waals surface area contributed by atoms with E-state index in [0.717, 1.165) is 11.4 Å². The van der Waals surface area contributed by atoms with E-state index in [9.17, 15) is 8.42 Å². The Bertz CT molecular complexity index is 496. The molecular weight excluding hydrogens is 270 g/mol. The second-order valence-electron chi connectivity index (χ2n) is 4.31. The normalized spacial score (nSPS) is 14.1. The number of aromatic nitrogens is 1. The van der Waals surface area contributed by atoms with Crippen molar-refractivity contribution < 1.29 is 8.42 Å². The summed E-state index contributed by atoms with van der Waals surface area (Å²) in [7, 11) is -0.0140. The molecule has 0 fully saturated rings. The van der Waals surface area contributed by atoms with Crippen molar-refractivity contribution >= 4 is 21.8 Å². The van der Waals surface area contributed by atoms with E-state index in [4.69, 9.17) is 5.73 Å². The molecule has 0 spiro atoms. The van der Waals surface area contributed by atoms with Gasteiger partial charge >= 0.3 is 0 Å². The quantitative estimate of drug-likeness (QED) is 0.844. The third-order valence-electron chi connectivity index (χ3n) is 3.00. The van der Waals surface area contributed by atoms with Crippen LogP contribution in [0.4, 0.5) is 0 Å². The minimum absolute atomic E-state index is 0.0356. The summed E-state index contributed by atoms with van der Waals surface area (Å²) in [6.07, 6.45) is 3.58. The van der Waals surface area contributed by atoms with Gasteiger partial charge in [-0.3, -0.25) is 0 Å². The van der Waals surface area contributed by atoms with Crippen molar-refractivity contribution in [2.24, 2.45) is 12.8 Å². The van der Waals surface area contributed by atoms with Crippen molar-refractivity contribution in [3.05, 3.63) is 18.0 Å². The number of nitrogens with zero attached hydrogens (tertiary/aromatic N) is 2. The van der Waals surface area contributed by atoms with Crippen LogP contribution in [-0.2, 0) is 23.6 Å². The molecule has 0 aromatic carbocycles. The molecule has 7 heteroatoms. The van der Waals surface area contributed by atoms with Crippen molar-refractivity contribution in [2.45, 2.75) is 24.4 Å². The summed E-state index contributed by atoms with van der Waals surface area (Å²) in [5.74, 6) is 0.770. The first-order valence-corrected chi connectivity index (χ1v) is 8.50. The minimum atomic E-state index is -3.43. The number of hydrogen-bond acceptors (Lipinski definition) is 4. The Hall–Kier alpha value is -0.500. The molecule has 2 N–H and O–H groups in total. The smallest absolute Gasteiger partial charge is 0.244 e. The molecular formula is C11H21N3O2S2. The Balaban J connectivity index is 3.05. The van der Waals surface area contributed by atoms with Gasteiger partial charge < -0.3 is 10.3 Å². The van der Waals surface area contributed by atoms with Crippen LogP contribution in [0.1, 0.15) is 12.6 Å². The van der Waals surface area contributed by atoms with Crippen LogP contribution in [0.2, 0.25) is 0 Å². The van der Waals surface area contributed by atoms with Gasteiger partial charge in [0.15, 0.2) is 0 Å². The molecule has 1 heterocycles. The molecule has 0 aliphatic rings. The third-order valence-corrected chi connectivity index (χ3v) is 5.75. The summed E-state index contributed by atoms with van der Waals surface area (Å²) >= 11 is 1.63. The van der Waals surface area contributed by atoms with E-state index < -0.39 is 10.0 Å². The molecule has 0 aliphatic carbocycles. The average molecular weight is 291 g/mol. The van der Waals surface area contributed by atoms with E-state index in [1.807, 2.05) is 13.2 Å². The van der Waals surface area contributed by atoms with Crippen molar-refractivity contribution in [3.63, 3.8) is 0 Å². The lowest BCUT2D eigenvalue weighted by Crippen LogP contribution is -2.36. The monoisotopic (exact) mass is 291 g/mol. The van der Waals surface area contributed by atoms with Gasteiger partial charge in [-0.2, -0.15) is 16.1 Å². The highest BCUT2D eigenvalue weighted by molar-refractivity contribution is 7.98. The van der Waals surface area contributed by atoms with Crippen LogP contribution < -0.4 is 5.73 Å². The van der Waals surface area contributed by atoms with Crippen LogP contribution >= 0.6 is 11.8 Å². The van der Waals surface area contributed by atoms with Gasteiger partial charge in [-0.05, 0) is 19.2 Å². The Morgan fingerprint density at radius 2 is 2.17 bits per heavy atom. The summed E-state index contributed by atoms with van der Waals surface area (Å²) in [5, 5.41) is 0. The molecule has 18 heavy (non-hydrogen) atoms. The predicted molar refractivity (Wildman–Crippen MR) is 76.1 cm³/mol. The van der Waals surface area contributed by atoms with Gasteiger partial charge in [0.2, 0.25) is 10.0 Å². The molecule has 0 radical (unpaired) electrons. The van der Waals surface area contributed by atoms with Crippen LogP contribution in [-0.4, -0.2) is 42.4 Å². The number of aryl methyl sites for hydroxylation is 1. The Morgan fingerprint density at radius 1 is 1.56 bits per heavy atom. The summed E-state index contributed by atoms with van der Waals surface area (Å²) < 4.78 is 28.0. The summed E-state index contributed by atoms with van der Waals surface area (Å²) in [6, 6.07) is 1.60. The Kier molecular flexibility index (Phi) is 5.27. The van der Waals surface area contributed by atoms with Crippen molar-refractivity contribution in [3.8, 4) is 0 Å². The van der Waals surface area contributed by atoms with Crippen LogP contribution in [0.25, 0.3) is 0 Å². The Labute approximate surface area is 113 Å². The van der Waals surface area contributed by atoms with Crippen LogP contribution in [0.3, 0.4) is 0 Å². The maximum atomic E-state index is 12.4. The Morgan fingerprint density at radius 3 is 2.61 bits per heavy atom. The molecule has 104 valence electrons. The molecule has 0 aliphatic heterocycles. The maximum absolute atomic E-state index is 12.4. The second-order valence-corrected chi connectivity index (χ2v) is 7.22. The van der Waals surface area contributed by atoms with Crippen LogP contribution in [0.15, 0.2) is 17.2 Å². The van der Waals surface area contributed by atoms with Gasteiger partial charge in [-0.1, -0.05) is 0 Å². The lowest BCUT2D eigenvalue weighted by Gasteiger charge is -2.22. The van der Waals surface area contributed by atoms with Crippen LogP contribution in [0, 0.1) is 0 Å². The predicted octanol–water partition coefficient (Wildman–Crippen LogP) is 0.856. The number of sulfonamides is 1. The van der Waals surface area contributed by atoms with Gasteiger partial charge in [0.1, 0.15) is 4.90 Å². The number of rotatable bonds is 6. The minimum Gasteiger partial charge on any atom is -0.352 e. The third kappa shape index (κ3) is 3.09. The first-order valence-electron chi connectivity index (χ1n) is 5.66. The van der Waals surface area contributed by atoms with Gasteiger partial charge in [-0.15, -0.1) is 0 Å². The molecule has 1 unspecified atom stereocenters. The fraction of sp³-hybridized carbons (Fsp3) is 0.636. The zero-order valence-electron chi connectivity index (χ0n) is 11.3. The molecule has 0 amide bonds. The lowest BCUT2D eigenvalue weighted by atomic mass is 10.4. The average Bonchev–Trinajstić information content (AvgIpc) is 2.70. The molecule has 1 aromatic heterocycles. The van der Waals surface area contributed by atoms with E-state index in [1.54, 1.807) is 42.7 Å². The van der Waals surface area contributed by atoms with Gasteiger partial charge in [0.25, 0.3) is 0 Å². The fourth-order valence-electron chi connectivity index (χ4n) is 1.67. The van der Waals surface area contributed by atoms with E-state index in [1.165, 1.54) is 4.31 Å². The lowest BCUT2D eigenvalue weighted by molar-refractivity contribution is 0.415. The summed E-state index contributed by atoms with van der Waals surface area (Å²) in [4.78, 5) is 0.306. The molecule has 1 aromatic rings. The summed E-state index contributed by atoms with van der Waals surface area (Å²) in [6.45, 7) is 2.23. The second kappa shape index (κ2) is 6.10. The number of hydrogen-bond donors (Lipinski definition) is 1. The molecule has 0 saturated heterocycles.